The first-order chi connectivity index (χ1) is 14.1. The number of rotatable bonds is 5. The molecule has 3 rings (SSSR count). The van der Waals surface area contributed by atoms with Crippen LogP contribution < -0.4 is 5.73 Å². The second kappa shape index (κ2) is 8.69. The van der Waals surface area contributed by atoms with Crippen LogP contribution in [0.2, 0.25) is 0 Å². The van der Waals surface area contributed by atoms with Crippen molar-refractivity contribution >= 4 is 11.6 Å². The first kappa shape index (κ1) is 22.2. The molecule has 0 amide bonds. The topological polar surface area (TPSA) is 139 Å². The highest BCUT2D eigenvalue weighted by molar-refractivity contribution is 6.27. The fourth-order valence-electron chi connectivity index (χ4n) is 3.68. The van der Waals surface area contributed by atoms with Gasteiger partial charge in [0.1, 0.15) is 11.5 Å². The third kappa shape index (κ3) is 4.32. The predicted molar refractivity (Wildman–Crippen MR) is 108 cm³/mol. The first-order valence-corrected chi connectivity index (χ1v) is 9.83. The molecule has 5 N–H and O–H groups in total. The number of aromatic hydroxyl groups is 2. The van der Waals surface area contributed by atoms with Crippen LogP contribution in [-0.2, 0) is 9.47 Å². The maximum atomic E-state index is 13.1. The van der Waals surface area contributed by atoms with Crippen molar-refractivity contribution in [3.05, 3.63) is 46.6 Å². The van der Waals surface area contributed by atoms with Gasteiger partial charge in [0.15, 0.2) is 17.9 Å². The molecule has 0 aromatic heterocycles. The number of ether oxygens (including phenoxy) is 2. The Labute approximate surface area is 174 Å². The lowest BCUT2D eigenvalue weighted by Crippen LogP contribution is -2.52. The van der Waals surface area contributed by atoms with E-state index in [4.69, 9.17) is 15.2 Å². The third-order valence-electron chi connectivity index (χ3n) is 5.34. The van der Waals surface area contributed by atoms with E-state index in [1.165, 1.54) is 12.1 Å². The van der Waals surface area contributed by atoms with E-state index in [-0.39, 0.29) is 41.0 Å². The van der Waals surface area contributed by atoms with Gasteiger partial charge >= 0.3 is 0 Å². The van der Waals surface area contributed by atoms with Crippen molar-refractivity contribution in [3.8, 4) is 11.5 Å². The number of hydrogen-bond acceptors (Lipinski definition) is 8. The quantitative estimate of drug-likeness (QED) is 0.421. The maximum Gasteiger partial charge on any atom is 0.196 e. The van der Waals surface area contributed by atoms with Crippen molar-refractivity contribution in [1.82, 2.24) is 0 Å². The minimum atomic E-state index is -0.842. The van der Waals surface area contributed by atoms with Crippen molar-refractivity contribution in [2.24, 2.45) is 5.73 Å². The van der Waals surface area contributed by atoms with Crippen molar-refractivity contribution in [1.29, 1.82) is 0 Å². The molecule has 162 valence electrons. The zero-order chi connectivity index (χ0) is 22.2. The first-order valence-electron chi connectivity index (χ1n) is 9.83. The zero-order valence-corrected chi connectivity index (χ0v) is 17.2. The van der Waals surface area contributed by atoms with Gasteiger partial charge in [-0.2, -0.15) is 0 Å². The lowest BCUT2D eigenvalue weighted by atomic mass is 9.85. The normalized spacial score (nSPS) is 27.3. The molecule has 1 saturated heterocycles. The number of aliphatic hydroxyl groups is 1. The van der Waals surface area contributed by atoms with Crippen LogP contribution in [0.25, 0.3) is 0 Å². The summed E-state index contributed by atoms with van der Waals surface area (Å²) in [5.41, 5.74) is 6.55. The lowest BCUT2D eigenvalue weighted by Gasteiger charge is -2.37. The van der Waals surface area contributed by atoms with E-state index in [0.29, 0.717) is 0 Å². The van der Waals surface area contributed by atoms with E-state index < -0.39 is 42.2 Å². The number of nitrogens with two attached hydrogens (primary N) is 1. The van der Waals surface area contributed by atoms with Crippen molar-refractivity contribution in [2.45, 2.75) is 64.3 Å². The van der Waals surface area contributed by atoms with Crippen molar-refractivity contribution in [2.75, 3.05) is 0 Å². The van der Waals surface area contributed by atoms with Crippen LogP contribution in [0.1, 0.15) is 54.3 Å². The fourth-order valence-corrected chi connectivity index (χ4v) is 3.68. The number of allylic oxidation sites excluding steroid dienone is 2. The summed E-state index contributed by atoms with van der Waals surface area (Å²) in [7, 11) is 0. The number of carbonyl (C=O) groups excluding carboxylic acids is 2. The van der Waals surface area contributed by atoms with Crippen LogP contribution in [-0.4, -0.2) is 57.5 Å². The Morgan fingerprint density at radius 2 is 1.90 bits per heavy atom. The fraction of sp³-hybridized carbons (Fsp3) is 0.455. The molecular weight excluding hydrogens is 390 g/mol. The number of hydrogen-bond donors (Lipinski definition) is 4. The molecule has 1 aliphatic heterocycles. The average Bonchev–Trinajstić information content (AvgIpc) is 2.67. The van der Waals surface area contributed by atoms with Gasteiger partial charge in [0, 0.05) is 18.0 Å². The molecule has 1 heterocycles. The van der Waals surface area contributed by atoms with Gasteiger partial charge in [0.25, 0.3) is 0 Å². The molecule has 1 fully saturated rings. The molecule has 8 nitrogen and oxygen atoms in total. The van der Waals surface area contributed by atoms with E-state index in [2.05, 4.69) is 0 Å². The van der Waals surface area contributed by atoms with Crippen LogP contribution in [0.5, 0.6) is 11.5 Å². The molecule has 0 unspecified atom stereocenters. The highest BCUT2D eigenvalue weighted by atomic mass is 16.7. The average molecular weight is 417 g/mol. The number of fused-ring (bicyclic) bond motifs is 1. The zero-order valence-electron chi connectivity index (χ0n) is 17.2. The summed E-state index contributed by atoms with van der Waals surface area (Å²) in [6.07, 6.45) is 0.495. The van der Waals surface area contributed by atoms with E-state index in [1.54, 1.807) is 6.92 Å². The Morgan fingerprint density at radius 3 is 2.50 bits per heavy atom. The Hall–Kier alpha value is -2.52. The van der Waals surface area contributed by atoms with Gasteiger partial charge in [0.2, 0.25) is 0 Å². The van der Waals surface area contributed by atoms with Gasteiger partial charge < -0.3 is 30.5 Å². The highest BCUT2D eigenvalue weighted by Crippen LogP contribution is 2.37. The predicted octanol–water partition coefficient (Wildman–Crippen LogP) is 1.97. The SMILES string of the molecule is CC(C)=CC[C@@H](O[C@H]1C[C@H](N)[C@@H](O)[C@H](C)O1)C1=CC(=O)c2c(O)ccc(O)c2C1=O. The lowest BCUT2D eigenvalue weighted by molar-refractivity contribution is -0.233. The maximum absolute atomic E-state index is 13.1. The van der Waals surface area contributed by atoms with Gasteiger partial charge in [-0.3, -0.25) is 9.59 Å². The van der Waals surface area contributed by atoms with E-state index in [0.717, 1.165) is 11.6 Å². The molecule has 8 heteroatoms. The standard InChI is InChI=1S/C22H27NO7/c1-10(2)4-7-17(30-18-9-13(23)21(27)11(3)29-18)12-8-16(26)19-14(24)5-6-15(25)20(19)22(12)28/h4-6,8,11,13,17-18,21,24-25,27H,7,9,23H2,1-3H3/t11-,13-,17+,18-,21-/m0/s1. The Bertz CT molecular complexity index is 904. The number of Topliss-reactive ketones (excluding diaryl/α,β-unsaturated/α-hetero) is 1. The molecule has 0 saturated carbocycles. The molecule has 1 aromatic carbocycles. The molecule has 0 bridgehead atoms. The smallest absolute Gasteiger partial charge is 0.196 e. The molecule has 1 aliphatic carbocycles. The molecular formula is C22H27NO7. The van der Waals surface area contributed by atoms with Gasteiger partial charge in [-0.1, -0.05) is 11.6 Å². The van der Waals surface area contributed by atoms with Crippen molar-refractivity contribution < 1.29 is 34.4 Å². The van der Waals surface area contributed by atoms with Crippen LogP contribution in [0.4, 0.5) is 0 Å². The largest absolute Gasteiger partial charge is 0.507 e. The van der Waals surface area contributed by atoms with Gasteiger partial charge in [-0.15, -0.1) is 0 Å². The molecule has 2 aliphatic rings. The number of phenolic OH excluding ortho intramolecular Hbond substituents is 2. The monoisotopic (exact) mass is 417 g/mol. The summed E-state index contributed by atoms with van der Waals surface area (Å²) in [5.74, 6) is -1.95. The number of ketones is 2. The van der Waals surface area contributed by atoms with Crippen LogP contribution in [0.3, 0.4) is 0 Å². The van der Waals surface area contributed by atoms with Crippen molar-refractivity contribution in [3.63, 3.8) is 0 Å². The van der Waals surface area contributed by atoms with Crippen LogP contribution in [0, 0.1) is 0 Å². The molecule has 0 spiro atoms. The second-order valence-electron chi connectivity index (χ2n) is 7.95. The number of benzene rings is 1. The third-order valence-corrected chi connectivity index (χ3v) is 5.34. The van der Waals surface area contributed by atoms with Gasteiger partial charge in [0.05, 0.1) is 29.4 Å². The van der Waals surface area contributed by atoms with Crippen LogP contribution >= 0.6 is 0 Å². The summed E-state index contributed by atoms with van der Waals surface area (Å²) in [5, 5.41) is 30.2. The summed E-state index contributed by atoms with van der Waals surface area (Å²) in [4.78, 5) is 25.8. The molecule has 1 aromatic rings. The Kier molecular flexibility index (Phi) is 6.42. The summed E-state index contributed by atoms with van der Waals surface area (Å²) >= 11 is 0. The van der Waals surface area contributed by atoms with Gasteiger partial charge in [-0.05, 0) is 45.4 Å². The summed E-state index contributed by atoms with van der Waals surface area (Å²) < 4.78 is 11.7. The molecule has 30 heavy (non-hydrogen) atoms. The number of phenols is 2. The Morgan fingerprint density at radius 1 is 1.27 bits per heavy atom. The van der Waals surface area contributed by atoms with Crippen LogP contribution in [0.15, 0.2) is 35.4 Å². The van der Waals surface area contributed by atoms with E-state index in [9.17, 15) is 24.9 Å². The number of aliphatic hydroxyl groups excluding tert-OH is 1. The second-order valence-corrected chi connectivity index (χ2v) is 7.95. The minimum Gasteiger partial charge on any atom is -0.507 e. The summed E-state index contributed by atoms with van der Waals surface area (Å²) in [6.45, 7) is 5.46. The summed E-state index contributed by atoms with van der Waals surface area (Å²) in [6, 6.07) is 1.78. The van der Waals surface area contributed by atoms with E-state index in [1.807, 2.05) is 19.9 Å². The number of carbonyl (C=O) groups is 2. The van der Waals surface area contributed by atoms with E-state index >= 15 is 0 Å². The Balaban J connectivity index is 1.94. The highest BCUT2D eigenvalue weighted by Gasteiger charge is 2.38. The molecule has 0 radical (unpaired) electrons. The molecule has 5 atom stereocenters. The minimum absolute atomic E-state index is 0.0573. The van der Waals surface area contributed by atoms with Gasteiger partial charge in [-0.25, -0.2) is 0 Å².